The van der Waals surface area contributed by atoms with E-state index in [1.165, 1.54) is 0 Å². The summed E-state index contributed by atoms with van der Waals surface area (Å²) in [6.45, 7) is 7.23. The monoisotopic (exact) mass is 479 g/mol. The van der Waals surface area contributed by atoms with Crippen molar-refractivity contribution in [3.05, 3.63) is 42.5 Å². The minimum Gasteiger partial charge on any atom is -0.489 e. The molecule has 1 aliphatic rings. The first-order valence-electron chi connectivity index (χ1n) is 8.11. The first-order chi connectivity index (χ1) is 11.5. The highest BCUT2D eigenvalue weighted by Crippen LogP contribution is 2.19. The van der Waals surface area contributed by atoms with Crippen LogP contribution in [0.1, 0.15) is 18.9 Å². The van der Waals surface area contributed by atoms with Crippen molar-refractivity contribution in [2.75, 3.05) is 24.7 Å². The number of benzene rings is 1. The Morgan fingerprint density at radius 3 is 2.84 bits per heavy atom. The molecule has 1 unspecified atom stereocenters. The molecule has 1 aliphatic heterocycles. The van der Waals surface area contributed by atoms with Gasteiger partial charge in [0.25, 0.3) is 0 Å². The lowest BCUT2D eigenvalue weighted by Crippen LogP contribution is -2.44. The number of sulfone groups is 1. The Hall–Kier alpha value is -1.29. The van der Waals surface area contributed by atoms with Gasteiger partial charge < -0.3 is 15.4 Å². The molecule has 2 rings (SSSR count). The normalized spacial score (nSPS) is 18.9. The fourth-order valence-electron chi connectivity index (χ4n) is 2.51. The second-order valence-corrected chi connectivity index (χ2v) is 7.88. The molecule has 1 fully saturated rings. The van der Waals surface area contributed by atoms with Crippen LogP contribution in [-0.4, -0.2) is 45.1 Å². The summed E-state index contributed by atoms with van der Waals surface area (Å²) in [5, 5.41) is 6.36. The van der Waals surface area contributed by atoms with Crippen LogP contribution in [0.5, 0.6) is 5.75 Å². The van der Waals surface area contributed by atoms with Gasteiger partial charge in [0.05, 0.1) is 18.1 Å². The number of hydrogen-bond acceptors (Lipinski definition) is 4. The van der Waals surface area contributed by atoms with Gasteiger partial charge in [-0.1, -0.05) is 30.9 Å². The summed E-state index contributed by atoms with van der Waals surface area (Å²) in [6, 6.07) is 7.64. The molecule has 0 amide bonds. The highest BCUT2D eigenvalue weighted by Gasteiger charge is 2.28. The third-order valence-corrected chi connectivity index (χ3v) is 5.42. The van der Waals surface area contributed by atoms with Crippen LogP contribution < -0.4 is 15.4 Å². The maximum Gasteiger partial charge on any atom is 0.191 e. The van der Waals surface area contributed by atoms with Crippen LogP contribution in [0.4, 0.5) is 0 Å². The van der Waals surface area contributed by atoms with Crippen LogP contribution in [0.3, 0.4) is 0 Å². The molecule has 1 aromatic rings. The zero-order chi connectivity index (χ0) is 17.4. The van der Waals surface area contributed by atoms with Gasteiger partial charge in [-0.15, -0.1) is 24.0 Å². The quantitative estimate of drug-likeness (QED) is 0.271. The van der Waals surface area contributed by atoms with Crippen molar-refractivity contribution >= 4 is 39.8 Å². The van der Waals surface area contributed by atoms with Crippen LogP contribution in [0, 0.1) is 0 Å². The number of hydrogen-bond donors (Lipinski definition) is 2. The van der Waals surface area contributed by atoms with E-state index >= 15 is 0 Å². The van der Waals surface area contributed by atoms with Crippen LogP contribution in [0.15, 0.2) is 41.9 Å². The van der Waals surface area contributed by atoms with Gasteiger partial charge in [0, 0.05) is 18.2 Å². The maximum absolute atomic E-state index is 11.6. The first kappa shape index (κ1) is 21.8. The highest BCUT2D eigenvalue weighted by molar-refractivity contribution is 14.0. The van der Waals surface area contributed by atoms with Gasteiger partial charge in [-0.3, -0.25) is 0 Å². The average Bonchev–Trinajstić information content (AvgIpc) is 2.90. The summed E-state index contributed by atoms with van der Waals surface area (Å²) >= 11 is 0. The van der Waals surface area contributed by atoms with Gasteiger partial charge in [-0.05, 0) is 19.4 Å². The van der Waals surface area contributed by atoms with Gasteiger partial charge in [0.15, 0.2) is 15.8 Å². The van der Waals surface area contributed by atoms with Gasteiger partial charge in [0.2, 0.25) is 0 Å². The number of halogens is 1. The Bertz CT molecular complexity index is 692. The molecule has 140 valence electrons. The van der Waals surface area contributed by atoms with E-state index in [4.69, 9.17) is 4.74 Å². The summed E-state index contributed by atoms with van der Waals surface area (Å²) in [7, 11) is -2.91. The maximum atomic E-state index is 11.6. The van der Waals surface area contributed by atoms with Crippen molar-refractivity contribution in [2.45, 2.75) is 25.9 Å². The minimum absolute atomic E-state index is 0. The smallest absolute Gasteiger partial charge is 0.191 e. The number of guanidine groups is 1. The summed E-state index contributed by atoms with van der Waals surface area (Å²) < 4.78 is 28.8. The van der Waals surface area contributed by atoms with E-state index in [-0.39, 0.29) is 41.5 Å². The summed E-state index contributed by atoms with van der Waals surface area (Å²) in [6.07, 6.45) is 2.32. The Morgan fingerprint density at radius 1 is 1.44 bits per heavy atom. The number of aliphatic imine (C=N–C) groups is 1. The predicted octanol–water partition coefficient (Wildman–Crippen LogP) is 2.11. The van der Waals surface area contributed by atoms with E-state index in [2.05, 4.69) is 22.2 Å². The van der Waals surface area contributed by atoms with Gasteiger partial charge >= 0.3 is 0 Å². The van der Waals surface area contributed by atoms with Crippen LogP contribution in [0.2, 0.25) is 0 Å². The second kappa shape index (κ2) is 10.6. The molecule has 1 atom stereocenters. The Morgan fingerprint density at radius 2 is 2.20 bits per heavy atom. The molecule has 1 heterocycles. The molecule has 6 nitrogen and oxygen atoms in total. The molecule has 25 heavy (non-hydrogen) atoms. The van der Waals surface area contributed by atoms with Crippen LogP contribution >= 0.6 is 24.0 Å². The lowest BCUT2D eigenvalue weighted by atomic mass is 10.2. The van der Waals surface area contributed by atoms with Gasteiger partial charge in [-0.25, -0.2) is 13.4 Å². The van der Waals surface area contributed by atoms with Crippen LogP contribution in [-0.2, 0) is 16.4 Å². The molecule has 2 N–H and O–H groups in total. The lowest BCUT2D eigenvalue weighted by molar-refractivity contribution is 0.359. The molecule has 0 aliphatic carbocycles. The molecule has 8 heteroatoms. The Balaban J connectivity index is 0.00000312. The standard InChI is InChI=1S/C17H25N3O3S.HI/c1-3-10-23-16-8-6-5-7-14(16)12-19-17(18-4-2)20-15-9-11-24(21,22)13-15;/h3,5-8,15H,1,4,9-13H2,2H3,(H2,18,19,20);1H. The molecule has 0 saturated carbocycles. The largest absolute Gasteiger partial charge is 0.489 e. The van der Waals surface area contributed by atoms with Crippen molar-refractivity contribution in [1.29, 1.82) is 0 Å². The highest BCUT2D eigenvalue weighted by atomic mass is 127. The van der Waals surface area contributed by atoms with Gasteiger partial charge in [0.1, 0.15) is 12.4 Å². The Labute approximate surface area is 167 Å². The van der Waals surface area contributed by atoms with E-state index in [0.29, 0.717) is 32.1 Å². The molecule has 0 spiro atoms. The number of rotatable bonds is 7. The number of para-hydroxylation sites is 1. The summed E-state index contributed by atoms with van der Waals surface area (Å²) in [5.74, 6) is 1.80. The molecule has 1 aromatic carbocycles. The zero-order valence-corrected chi connectivity index (χ0v) is 17.5. The van der Waals surface area contributed by atoms with Crippen molar-refractivity contribution in [2.24, 2.45) is 4.99 Å². The fourth-order valence-corrected chi connectivity index (χ4v) is 4.18. The third-order valence-electron chi connectivity index (χ3n) is 3.65. The molecule has 0 bridgehead atoms. The van der Waals surface area contributed by atoms with Crippen LogP contribution in [0.25, 0.3) is 0 Å². The van der Waals surface area contributed by atoms with Crippen molar-refractivity contribution in [3.8, 4) is 5.75 Å². The summed E-state index contributed by atoms with van der Waals surface area (Å²) in [4.78, 5) is 4.56. The van der Waals surface area contributed by atoms with Gasteiger partial charge in [-0.2, -0.15) is 0 Å². The van der Waals surface area contributed by atoms with Crippen molar-refractivity contribution < 1.29 is 13.2 Å². The van der Waals surface area contributed by atoms with Crippen molar-refractivity contribution in [1.82, 2.24) is 10.6 Å². The number of nitrogens with one attached hydrogen (secondary N) is 2. The number of ether oxygens (including phenoxy) is 1. The topological polar surface area (TPSA) is 79.8 Å². The average molecular weight is 479 g/mol. The molecular formula is C17H26IN3O3S. The second-order valence-electron chi connectivity index (χ2n) is 5.65. The molecular weight excluding hydrogens is 453 g/mol. The number of nitrogens with zero attached hydrogens (tertiary/aromatic N) is 1. The third kappa shape index (κ3) is 7.23. The van der Waals surface area contributed by atoms with E-state index < -0.39 is 9.84 Å². The minimum atomic E-state index is -2.91. The van der Waals surface area contributed by atoms with E-state index in [1.54, 1.807) is 6.08 Å². The first-order valence-corrected chi connectivity index (χ1v) is 9.93. The zero-order valence-electron chi connectivity index (χ0n) is 14.4. The van der Waals surface area contributed by atoms with Crippen molar-refractivity contribution in [3.63, 3.8) is 0 Å². The van der Waals surface area contributed by atoms with E-state index in [9.17, 15) is 8.42 Å². The molecule has 0 aromatic heterocycles. The SMILES string of the molecule is C=CCOc1ccccc1CN=C(NCC)NC1CCS(=O)(=O)C1.I. The predicted molar refractivity (Wildman–Crippen MR) is 113 cm³/mol. The molecule has 0 radical (unpaired) electrons. The molecule has 1 saturated heterocycles. The van der Waals surface area contributed by atoms with E-state index in [1.807, 2.05) is 31.2 Å². The fraction of sp³-hybridized carbons (Fsp3) is 0.471. The van der Waals surface area contributed by atoms with E-state index in [0.717, 1.165) is 11.3 Å². The lowest BCUT2D eigenvalue weighted by Gasteiger charge is -2.16. The Kier molecular flexibility index (Phi) is 9.26. The summed E-state index contributed by atoms with van der Waals surface area (Å²) in [5.41, 5.74) is 0.968.